The number of piperazine rings is 1. The average molecular weight is 202 g/mol. The minimum absolute atomic E-state index is 0.845. The molecule has 0 aromatic heterocycles. The lowest BCUT2D eigenvalue weighted by Gasteiger charge is -2.34. The van der Waals surface area contributed by atoms with Gasteiger partial charge in [-0.25, -0.2) is 0 Å². The molecule has 0 spiro atoms. The van der Waals surface area contributed by atoms with Crippen molar-refractivity contribution >= 4 is 0 Å². The second kappa shape index (κ2) is 7.17. The van der Waals surface area contributed by atoms with Crippen LogP contribution in [0.4, 0.5) is 0 Å². The van der Waals surface area contributed by atoms with Crippen LogP contribution in [0.3, 0.4) is 0 Å². The van der Waals surface area contributed by atoms with Crippen LogP contribution in [0.1, 0.15) is 0 Å². The molecule has 0 atom stereocenters. The van der Waals surface area contributed by atoms with Crippen LogP contribution in [0, 0.1) is 0 Å². The summed E-state index contributed by atoms with van der Waals surface area (Å²) in [4.78, 5) is 4.90. The Morgan fingerprint density at radius 1 is 0.786 bits per heavy atom. The van der Waals surface area contributed by atoms with Crippen molar-refractivity contribution < 1.29 is 9.47 Å². The molecule has 0 saturated carbocycles. The van der Waals surface area contributed by atoms with Crippen molar-refractivity contribution in [2.24, 2.45) is 0 Å². The van der Waals surface area contributed by atoms with Gasteiger partial charge in [0.05, 0.1) is 13.2 Å². The topological polar surface area (TPSA) is 24.9 Å². The van der Waals surface area contributed by atoms with E-state index < -0.39 is 0 Å². The summed E-state index contributed by atoms with van der Waals surface area (Å²) in [7, 11) is 3.52. The zero-order chi connectivity index (χ0) is 10.2. The van der Waals surface area contributed by atoms with Crippen LogP contribution < -0.4 is 0 Å². The van der Waals surface area contributed by atoms with Crippen molar-refractivity contribution in [3.05, 3.63) is 0 Å². The predicted octanol–water partition coefficient (Wildman–Crippen LogP) is -0.103. The van der Waals surface area contributed by atoms with E-state index in [4.69, 9.17) is 9.47 Å². The van der Waals surface area contributed by atoms with Gasteiger partial charge in [-0.15, -0.1) is 0 Å². The van der Waals surface area contributed by atoms with Gasteiger partial charge < -0.3 is 9.47 Å². The number of ether oxygens (including phenoxy) is 2. The molecule has 0 aromatic carbocycles. The SMILES string of the molecule is COCCN1CCN(CCOC)CC1. The van der Waals surface area contributed by atoms with Crippen LogP contribution in [0.5, 0.6) is 0 Å². The summed E-state index contributed by atoms with van der Waals surface area (Å²) in [5, 5.41) is 0. The Balaban J connectivity index is 2.05. The number of rotatable bonds is 6. The van der Waals surface area contributed by atoms with Gasteiger partial charge in [-0.3, -0.25) is 9.80 Å². The zero-order valence-electron chi connectivity index (χ0n) is 9.37. The van der Waals surface area contributed by atoms with Crippen molar-refractivity contribution in [3.63, 3.8) is 0 Å². The van der Waals surface area contributed by atoms with Crippen LogP contribution in [-0.4, -0.2) is 76.5 Å². The second-order valence-electron chi connectivity index (χ2n) is 3.67. The van der Waals surface area contributed by atoms with Gasteiger partial charge >= 0.3 is 0 Å². The lowest BCUT2D eigenvalue weighted by atomic mass is 10.3. The van der Waals surface area contributed by atoms with Crippen molar-refractivity contribution in [3.8, 4) is 0 Å². The summed E-state index contributed by atoms with van der Waals surface area (Å²) in [6.45, 7) is 8.46. The molecule has 1 fully saturated rings. The van der Waals surface area contributed by atoms with Gasteiger partial charge in [-0.2, -0.15) is 0 Å². The van der Waals surface area contributed by atoms with Crippen molar-refractivity contribution in [1.29, 1.82) is 0 Å². The van der Waals surface area contributed by atoms with E-state index in [0.29, 0.717) is 0 Å². The summed E-state index contributed by atoms with van der Waals surface area (Å²) >= 11 is 0. The van der Waals surface area contributed by atoms with E-state index in [9.17, 15) is 0 Å². The fourth-order valence-corrected chi connectivity index (χ4v) is 1.68. The lowest BCUT2D eigenvalue weighted by Crippen LogP contribution is -2.48. The fourth-order valence-electron chi connectivity index (χ4n) is 1.68. The largest absolute Gasteiger partial charge is 0.383 e. The summed E-state index contributed by atoms with van der Waals surface area (Å²) in [5.74, 6) is 0. The molecule has 84 valence electrons. The molecule has 0 unspecified atom stereocenters. The number of hydrogen-bond donors (Lipinski definition) is 0. The second-order valence-corrected chi connectivity index (χ2v) is 3.67. The highest BCUT2D eigenvalue weighted by Crippen LogP contribution is 2.00. The van der Waals surface area contributed by atoms with Gasteiger partial charge in [0.2, 0.25) is 0 Å². The van der Waals surface area contributed by atoms with Gasteiger partial charge in [-0.1, -0.05) is 0 Å². The normalized spacial score (nSPS) is 20.1. The molecule has 0 aromatic rings. The summed E-state index contributed by atoms with van der Waals surface area (Å²) < 4.78 is 10.1. The number of methoxy groups -OCH3 is 2. The molecule has 1 aliphatic heterocycles. The van der Waals surface area contributed by atoms with Crippen LogP contribution in [0.15, 0.2) is 0 Å². The van der Waals surface area contributed by atoms with Gasteiger partial charge in [-0.05, 0) is 0 Å². The molecule has 1 rings (SSSR count). The minimum Gasteiger partial charge on any atom is -0.383 e. The molecule has 1 heterocycles. The van der Waals surface area contributed by atoms with E-state index in [-0.39, 0.29) is 0 Å². The maximum Gasteiger partial charge on any atom is 0.0589 e. The standard InChI is InChI=1S/C10H22N2O2/c1-13-9-7-11-3-5-12(6-4-11)8-10-14-2/h3-10H2,1-2H3. The quantitative estimate of drug-likeness (QED) is 0.600. The Morgan fingerprint density at radius 2 is 1.14 bits per heavy atom. The first-order valence-corrected chi connectivity index (χ1v) is 5.29. The third-order valence-electron chi connectivity index (χ3n) is 2.69. The van der Waals surface area contributed by atoms with Crippen molar-refractivity contribution in [2.75, 3.05) is 66.7 Å². The fraction of sp³-hybridized carbons (Fsp3) is 1.00. The predicted molar refractivity (Wildman–Crippen MR) is 56.6 cm³/mol. The van der Waals surface area contributed by atoms with Crippen LogP contribution in [0.25, 0.3) is 0 Å². The molecule has 0 bridgehead atoms. The van der Waals surface area contributed by atoms with Crippen LogP contribution >= 0.6 is 0 Å². The molecular formula is C10H22N2O2. The lowest BCUT2D eigenvalue weighted by molar-refractivity contribution is 0.0789. The van der Waals surface area contributed by atoms with E-state index >= 15 is 0 Å². The molecule has 0 amide bonds. The summed E-state index contributed by atoms with van der Waals surface area (Å²) in [6.07, 6.45) is 0. The van der Waals surface area contributed by atoms with Crippen molar-refractivity contribution in [1.82, 2.24) is 9.80 Å². The van der Waals surface area contributed by atoms with Crippen molar-refractivity contribution in [2.45, 2.75) is 0 Å². The van der Waals surface area contributed by atoms with Crippen LogP contribution in [0.2, 0.25) is 0 Å². The zero-order valence-corrected chi connectivity index (χ0v) is 9.37. The molecule has 14 heavy (non-hydrogen) atoms. The third-order valence-corrected chi connectivity index (χ3v) is 2.69. The number of nitrogens with zero attached hydrogens (tertiary/aromatic N) is 2. The van der Waals surface area contributed by atoms with E-state index in [1.165, 1.54) is 0 Å². The maximum absolute atomic E-state index is 5.06. The highest BCUT2D eigenvalue weighted by molar-refractivity contribution is 4.71. The first kappa shape index (κ1) is 11.9. The molecule has 0 radical (unpaired) electrons. The van der Waals surface area contributed by atoms with E-state index in [2.05, 4.69) is 9.80 Å². The highest BCUT2D eigenvalue weighted by Gasteiger charge is 2.15. The molecule has 4 heteroatoms. The average Bonchev–Trinajstić information content (AvgIpc) is 2.25. The van der Waals surface area contributed by atoms with E-state index in [0.717, 1.165) is 52.5 Å². The minimum atomic E-state index is 0.845. The van der Waals surface area contributed by atoms with Gasteiger partial charge in [0.25, 0.3) is 0 Å². The Labute approximate surface area is 86.8 Å². The molecular weight excluding hydrogens is 180 g/mol. The first-order valence-electron chi connectivity index (χ1n) is 5.29. The first-order chi connectivity index (χ1) is 6.86. The van der Waals surface area contributed by atoms with Gasteiger partial charge in [0.15, 0.2) is 0 Å². The Kier molecular flexibility index (Phi) is 6.10. The molecule has 1 saturated heterocycles. The Hall–Kier alpha value is -0.160. The summed E-state index contributed by atoms with van der Waals surface area (Å²) in [5.41, 5.74) is 0. The monoisotopic (exact) mass is 202 g/mol. The third kappa shape index (κ3) is 4.37. The Morgan fingerprint density at radius 3 is 1.43 bits per heavy atom. The summed E-state index contributed by atoms with van der Waals surface area (Å²) in [6, 6.07) is 0. The van der Waals surface area contributed by atoms with E-state index in [1.54, 1.807) is 14.2 Å². The number of hydrogen-bond acceptors (Lipinski definition) is 4. The molecule has 1 aliphatic rings. The van der Waals surface area contributed by atoms with Crippen LogP contribution in [-0.2, 0) is 9.47 Å². The van der Waals surface area contributed by atoms with Gasteiger partial charge in [0.1, 0.15) is 0 Å². The molecule has 4 nitrogen and oxygen atoms in total. The maximum atomic E-state index is 5.06. The highest BCUT2D eigenvalue weighted by atomic mass is 16.5. The molecule has 0 aliphatic carbocycles. The Bertz CT molecular complexity index is 120. The van der Waals surface area contributed by atoms with E-state index in [1.807, 2.05) is 0 Å². The van der Waals surface area contributed by atoms with Gasteiger partial charge in [0, 0.05) is 53.5 Å². The smallest absolute Gasteiger partial charge is 0.0589 e. The molecule has 0 N–H and O–H groups in total.